The highest BCUT2D eigenvalue weighted by atomic mass is 19.4. The van der Waals surface area contributed by atoms with Gasteiger partial charge >= 0.3 is 6.18 Å². The first-order chi connectivity index (χ1) is 17.8. The molecule has 37 heavy (non-hydrogen) atoms. The van der Waals surface area contributed by atoms with Crippen LogP contribution in [0.5, 0.6) is 0 Å². The molecule has 1 amide bonds. The van der Waals surface area contributed by atoms with Crippen LogP contribution in [0.25, 0.3) is 22.3 Å². The summed E-state index contributed by atoms with van der Waals surface area (Å²) in [5, 5.41) is 6.76. The van der Waals surface area contributed by atoms with E-state index in [9.17, 15) is 18.0 Å². The summed E-state index contributed by atoms with van der Waals surface area (Å²) >= 11 is 0. The number of primary amides is 1. The number of anilines is 1. The van der Waals surface area contributed by atoms with Crippen LogP contribution >= 0.6 is 0 Å². The van der Waals surface area contributed by atoms with Gasteiger partial charge in [-0.15, -0.1) is 0 Å². The van der Waals surface area contributed by atoms with Crippen molar-refractivity contribution in [2.75, 3.05) is 38.1 Å². The van der Waals surface area contributed by atoms with Gasteiger partial charge in [-0.3, -0.25) is 9.69 Å². The molecule has 5 rings (SSSR count). The molecular formula is C25H28F3N7O2. The molecule has 2 atom stereocenters. The summed E-state index contributed by atoms with van der Waals surface area (Å²) < 4.78 is 44.0. The highest BCUT2D eigenvalue weighted by Crippen LogP contribution is 2.29. The lowest BCUT2D eigenvalue weighted by Crippen LogP contribution is -2.48. The van der Waals surface area contributed by atoms with Crippen molar-refractivity contribution in [1.29, 1.82) is 0 Å². The Bertz CT molecular complexity index is 1260. The normalized spacial score (nSPS) is 21.2. The van der Waals surface area contributed by atoms with Crippen LogP contribution in [0.2, 0.25) is 0 Å². The number of amides is 1. The first kappa shape index (κ1) is 25.3. The van der Waals surface area contributed by atoms with Gasteiger partial charge in [0.25, 0.3) is 5.91 Å². The Morgan fingerprint density at radius 3 is 2.73 bits per heavy atom. The molecule has 0 bridgehead atoms. The van der Waals surface area contributed by atoms with E-state index in [1.807, 2.05) is 24.3 Å². The number of pyridine rings is 1. The molecule has 9 nitrogen and oxygen atoms in total. The minimum absolute atomic E-state index is 0.0362. The molecule has 0 unspecified atom stereocenters. The molecule has 1 aromatic carbocycles. The number of hydrogen-bond donors (Lipinski definition) is 3. The maximum absolute atomic E-state index is 13.0. The molecule has 12 heteroatoms. The first-order valence-electron chi connectivity index (χ1n) is 12.2. The zero-order valence-corrected chi connectivity index (χ0v) is 20.1. The van der Waals surface area contributed by atoms with Gasteiger partial charge in [-0.2, -0.15) is 13.2 Å². The number of aromatic nitrogens is 3. The number of piperidine rings is 1. The molecule has 4 N–H and O–H groups in total. The summed E-state index contributed by atoms with van der Waals surface area (Å²) in [5.74, 6) is -0.0907. The lowest BCUT2D eigenvalue weighted by Gasteiger charge is -2.33. The van der Waals surface area contributed by atoms with Crippen molar-refractivity contribution in [3.8, 4) is 11.3 Å². The molecule has 3 aromatic rings. The zero-order valence-electron chi connectivity index (χ0n) is 20.1. The molecule has 2 aliphatic heterocycles. The molecule has 2 aliphatic rings. The highest BCUT2D eigenvalue weighted by molar-refractivity contribution is 6.06. The van der Waals surface area contributed by atoms with Gasteiger partial charge in [0.15, 0.2) is 11.9 Å². The van der Waals surface area contributed by atoms with Gasteiger partial charge in [0.2, 0.25) is 0 Å². The number of fused-ring (bicyclic) bond motifs is 1. The van der Waals surface area contributed by atoms with E-state index in [0.717, 1.165) is 37.1 Å². The Balaban J connectivity index is 1.40. The summed E-state index contributed by atoms with van der Waals surface area (Å²) in [6.07, 6.45) is -2.75. The van der Waals surface area contributed by atoms with Crippen LogP contribution < -0.4 is 16.4 Å². The van der Waals surface area contributed by atoms with E-state index < -0.39 is 18.2 Å². The van der Waals surface area contributed by atoms with Gasteiger partial charge in [-0.25, -0.2) is 15.0 Å². The van der Waals surface area contributed by atoms with Crippen molar-refractivity contribution >= 4 is 22.8 Å². The van der Waals surface area contributed by atoms with Crippen molar-refractivity contribution < 1.29 is 22.7 Å². The quantitative estimate of drug-likeness (QED) is 0.459. The van der Waals surface area contributed by atoms with E-state index in [-0.39, 0.29) is 24.8 Å². The fourth-order valence-corrected chi connectivity index (χ4v) is 4.73. The van der Waals surface area contributed by atoms with Crippen LogP contribution in [0.15, 0.2) is 36.7 Å². The lowest BCUT2D eigenvalue weighted by molar-refractivity contribution is -0.237. The third-order valence-corrected chi connectivity index (χ3v) is 6.67. The minimum atomic E-state index is -4.38. The standard InChI is InChI=1S/C25H28F3N7O2/c26-25(27,28)20-13-35(8-9-37-20)12-15-3-5-16(6-4-15)19-10-18(23(29)36)21-22(34-19)24(32-14-31-21)33-17-2-1-7-30-11-17/h3-6,10,14,17,20,30H,1-2,7-9,11-13H2,(H2,29,36)(H,31,32,33)/t17-,20-/m0/s1. The Kier molecular flexibility index (Phi) is 7.22. The fourth-order valence-electron chi connectivity index (χ4n) is 4.73. The lowest BCUT2D eigenvalue weighted by atomic mass is 10.0. The molecule has 2 fully saturated rings. The van der Waals surface area contributed by atoms with E-state index in [1.165, 1.54) is 6.33 Å². The first-order valence-corrected chi connectivity index (χ1v) is 12.2. The fraction of sp³-hybridized carbons (Fsp3) is 0.440. The van der Waals surface area contributed by atoms with E-state index >= 15 is 0 Å². The second-order valence-corrected chi connectivity index (χ2v) is 9.36. The molecule has 0 radical (unpaired) electrons. The van der Waals surface area contributed by atoms with Gasteiger partial charge in [0, 0.05) is 37.8 Å². The molecular weight excluding hydrogens is 487 g/mol. The Morgan fingerprint density at radius 2 is 2.03 bits per heavy atom. The van der Waals surface area contributed by atoms with E-state index in [1.54, 1.807) is 11.0 Å². The number of rotatable bonds is 6. The number of benzene rings is 1. The third kappa shape index (κ3) is 5.81. The molecule has 0 saturated carbocycles. The van der Waals surface area contributed by atoms with Gasteiger partial charge in [0.1, 0.15) is 17.4 Å². The third-order valence-electron chi connectivity index (χ3n) is 6.67. The predicted octanol–water partition coefficient (Wildman–Crippen LogP) is 2.72. The predicted molar refractivity (Wildman–Crippen MR) is 132 cm³/mol. The number of nitrogens with zero attached hydrogens (tertiary/aromatic N) is 4. The average Bonchev–Trinajstić information content (AvgIpc) is 2.89. The number of nitrogens with two attached hydrogens (primary N) is 1. The summed E-state index contributed by atoms with van der Waals surface area (Å²) in [6.45, 7) is 2.39. The van der Waals surface area contributed by atoms with Gasteiger partial charge in [0.05, 0.1) is 17.9 Å². The molecule has 196 valence electrons. The molecule has 4 heterocycles. The number of carbonyl (C=O) groups is 1. The topological polar surface area (TPSA) is 118 Å². The number of nitrogens with one attached hydrogen (secondary N) is 2. The summed E-state index contributed by atoms with van der Waals surface area (Å²) in [6, 6.07) is 9.13. The van der Waals surface area contributed by atoms with Gasteiger partial charge in [-0.05, 0) is 31.0 Å². The monoisotopic (exact) mass is 515 g/mol. The molecule has 2 saturated heterocycles. The average molecular weight is 516 g/mol. The van der Waals surface area contributed by atoms with Crippen molar-refractivity contribution in [2.24, 2.45) is 5.73 Å². The van der Waals surface area contributed by atoms with E-state index in [2.05, 4.69) is 20.6 Å². The van der Waals surface area contributed by atoms with E-state index in [0.29, 0.717) is 35.6 Å². The second-order valence-electron chi connectivity index (χ2n) is 9.36. The van der Waals surface area contributed by atoms with Crippen LogP contribution in [0.1, 0.15) is 28.8 Å². The number of alkyl halides is 3. The largest absolute Gasteiger partial charge is 0.415 e. The van der Waals surface area contributed by atoms with Crippen LogP contribution in [-0.4, -0.2) is 76.9 Å². The SMILES string of the molecule is NC(=O)c1cc(-c2ccc(CN3CCO[C@H](C(F)(F)F)C3)cc2)nc2c(N[C@H]3CCCNC3)ncnc12. The van der Waals surface area contributed by atoms with Crippen molar-refractivity contribution in [3.63, 3.8) is 0 Å². The van der Waals surface area contributed by atoms with Crippen molar-refractivity contribution in [1.82, 2.24) is 25.2 Å². The number of ether oxygens (including phenoxy) is 1. The zero-order chi connectivity index (χ0) is 26.0. The smallest absolute Gasteiger partial charge is 0.366 e. The molecule has 0 spiro atoms. The second kappa shape index (κ2) is 10.6. The molecule has 0 aliphatic carbocycles. The van der Waals surface area contributed by atoms with E-state index in [4.69, 9.17) is 15.5 Å². The van der Waals surface area contributed by atoms with Crippen LogP contribution in [0.4, 0.5) is 19.0 Å². The Labute approximate surface area is 211 Å². The number of carbonyl (C=O) groups excluding carboxylic acids is 1. The summed E-state index contributed by atoms with van der Waals surface area (Å²) in [4.78, 5) is 27.4. The Morgan fingerprint density at radius 1 is 1.22 bits per heavy atom. The molecule has 2 aromatic heterocycles. The maximum atomic E-state index is 13.0. The number of hydrogen-bond acceptors (Lipinski definition) is 8. The van der Waals surface area contributed by atoms with Crippen molar-refractivity contribution in [2.45, 2.75) is 37.7 Å². The number of halogens is 3. The van der Waals surface area contributed by atoms with Crippen LogP contribution in [0, 0.1) is 0 Å². The van der Waals surface area contributed by atoms with Gasteiger partial charge < -0.3 is 21.1 Å². The highest BCUT2D eigenvalue weighted by Gasteiger charge is 2.43. The maximum Gasteiger partial charge on any atom is 0.415 e. The van der Waals surface area contributed by atoms with Crippen molar-refractivity contribution in [3.05, 3.63) is 47.8 Å². The van der Waals surface area contributed by atoms with Crippen LogP contribution in [0.3, 0.4) is 0 Å². The Hall–Kier alpha value is -3.35. The van der Waals surface area contributed by atoms with Gasteiger partial charge in [-0.1, -0.05) is 24.3 Å². The minimum Gasteiger partial charge on any atom is -0.366 e. The van der Waals surface area contributed by atoms with Crippen LogP contribution in [-0.2, 0) is 11.3 Å². The summed E-state index contributed by atoms with van der Waals surface area (Å²) in [5.41, 5.74) is 8.86. The summed E-state index contributed by atoms with van der Waals surface area (Å²) in [7, 11) is 0. The number of morpholine rings is 1.